The number of benzene rings is 1. The summed E-state index contributed by atoms with van der Waals surface area (Å²) in [5, 5.41) is 10.7. The molecule has 25 heavy (non-hydrogen) atoms. The zero-order chi connectivity index (χ0) is 18.0. The van der Waals surface area contributed by atoms with Gasteiger partial charge >= 0.3 is 6.18 Å². The van der Waals surface area contributed by atoms with E-state index in [-0.39, 0.29) is 17.3 Å². The minimum Gasteiger partial charge on any atom is -0.337 e. The van der Waals surface area contributed by atoms with E-state index in [1.54, 1.807) is 4.90 Å². The van der Waals surface area contributed by atoms with Gasteiger partial charge in [0.05, 0.1) is 17.4 Å². The third-order valence-electron chi connectivity index (χ3n) is 4.22. The van der Waals surface area contributed by atoms with Crippen LogP contribution in [0.1, 0.15) is 22.5 Å². The molecule has 1 amide bonds. The van der Waals surface area contributed by atoms with Gasteiger partial charge in [0.15, 0.2) is 5.69 Å². The number of aromatic nitrogens is 3. The van der Waals surface area contributed by atoms with Crippen molar-refractivity contribution in [2.45, 2.75) is 12.6 Å². The maximum atomic E-state index is 12.8. The molecular weight excluding hydrogens is 335 g/mol. The summed E-state index contributed by atoms with van der Waals surface area (Å²) in [7, 11) is 1.87. The first-order chi connectivity index (χ1) is 11.9. The molecule has 0 spiro atoms. The van der Waals surface area contributed by atoms with Crippen LogP contribution in [0.5, 0.6) is 0 Å². The Balaban J connectivity index is 1.76. The second-order valence-corrected chi connectivity index (χ2v) is 6.06. The van der Waals surface area contributed by atoms with Crippen molar-refractivity contribution in [3.63, 3.8) is 0 Å². The van der Waals surface area contributed by atoms with Crippen molar-refractivity contribution in [3.05, 3.63) is 41.7 Å². The number of carbonyl (C=O) groups is 1. The van der Waals surface area contributed by atoms with Crippen molar-refractivity contribution in [3.8, 4) is 5.69 Å². The lowest BCUT2D eigenvalue weighted by molar-refractivity contribution is -0.137. The standard InChI is InChI=1S/C16H18F3N5O/c1-20-8-11-5-6-23(9-11)15(25)14-10-24(22-21-14)13-4-2-3-12(7-13)16(17,18)19/h2-4,7,10-11,20H,5-6,8-9H2,1H3/t11-/m1/s1. The number of carbonyl (C=O) groups excluding carboxylic acids is 1. The molecule has 0 aliphatic carbocycles. The maximum absolute atomic E-state index is 12.8. The minimum absolute atomic E-state index is 0.127. The van der Waals surface area contributed by atoms with Crippen LogP contribution in [0.3, 0.4) is 0 Å². The topological polar surface area (TPSA) is 63.1 Å². The summed E-state index contributed by atoms with van der Waals surface area (Å²) in [5.74, 6) is 0.143. The second kappa shape index (κ2) is 6.83. The zero-order valence-corrected chi connectivity index (χ0v) is 13.6. The Morgan fingerprint density at radius 2 is 2.20 bits per heavy atom. The lowest BCUT2D eigenvalue weighted by atomic mass is 10.1. The van der Waals surface area contributed by atoms with Crippen molar-refractivity contribution in [2.75, 3.05) is 26.7 Å². The number of rotatable bonds is 4. The Hall–Kier alpha value is -2.42. The summed E-state index contributed by atoms with van der Waals surface area (Å²) >= 11 is 0. The lowest BCUT2D eigenvalue weighted by Crippen LogP contribution is -2.30. The summed E-state index contributed by atoms with van der Waals surface area (Å²) < 4.78 is 39.6. The lowest BCUT2D eigenvalue weighted by Gasteiger charge is -2.14. The summed E-state index contributed by atoms with van der Waals surface area (Å²) in [5.41, 5.74) is -0.443. The molecule has 6 nitrogen and oxygen atoms in total. The maximum Gasteiger partial charge on any atom is 0.416 e. The normalized spacial score (nSPS) is 17.9. The number of hydrogen-bond donors (Lipinski definition) is 1. The first kappa shape index (κ1) is 17.4. The van der Waals surface area contributed by atoms with Crippen LogP contribution in [0, 0.1) is 5.92 Å². The van der Waals surface area contributed by atoms with Crippen LogP contribution in [-0.4, -0.2) is 52.5 Å². The smallest absolute Gasteiger partial charge is 0.337 e. The van der Waals surface area contributed by atoms with E-state index in [9.17, 15) is 18.0 Å². The molecule has 2 aromatic rings. The van der Waals surface area contributed by atoms with Crippen LogP contribution >= 0.6 is 0 Å². The zero-order valence-electron chi connectivity index (χ0n) is 13.6. The third kappa shape index (κ3) is 3.81. The van der Waals surface area contributed by atoms with Gasteiger partial charge in [-0.3, -0.25) is 4.79 Å². The number of amides is 1. The summed E-state index contributed by atoms with van der Waals surface area (Å²) in [6.07, 6.45) is -2.16. The van der Waals surface area contributed by atoms with Crippen molar-refractivity contribution in [1.82, 2.24) is 25.2 Å². The number of halogens is 3. The Labute approximate surface area is 142 Å². The fourth-order valence-electron chi connectivity index (χ4n) is 2.95. The third-order valence-corrected chi connectivity index (χ3v) is 4.22. The number of likely N-dealkylation sites (tertiary alicyclic amines) is 1. The molecule has 1 N–H and O–H groups in total. The first-order valence-corrected chi connectivity index (χ1v) is 7.92. The van der Waals surface area contributed by atoms with Gasteiger partial charge in [0.2, 0.25) is 0 Å². The molecule has 0 radical (unpaired) electrons. The molecule has 1 aromatic heterocycles. The Morgan fingerprint density at radius 1 is 1.40 bits per heavy atom. The highest BCUT2D eigenvalue weighted by Gasteiger charge is 2.31. The van der Waals surface area contributed by atoms with Gasteiger partial charge in [-0.1, -0.05) is 11.3 Å². The van der Waals surface area contributed by atoms with Crippen LogP contribution in [-0.2, 0) is 6.18 Å². The van der Waals surface area contributed by atoms with Gasteiger partial charge in [0, 0.05) is 13.1 Å². The number of hydrogen-bond acceptors (Lipinski definition) is 4. The molecule has 1 fully saturated rings. The Bertz CT molecular complexity index is 758. The Kier molecular flexibility index (Phi) is 4.76. The predicted molar refractivity (Wildman–Crippen MR) is 84.3 cm³/mol. The molecule has 2 heterocycles. The van der Waals surface area contributed by atoms with Crippen molar-refractivity contribution < 1.29 is 18.0 Å². The van der Waals surface area contributed by atoms with Crippen molar-refractivity contribution in [1.29, 1.82) is 0 Å². The molecular formula is C16H18F3N5O. The van der Waals surface area contributed by atoms with Crippen molar-refractivity contribution in [2.24, 2.45) is 5.92 Å². The van der Waals surface area contributed by atoms with E-state index in [1.807, 2.05) is 7.05 Å². The average Bonchev–Trinajstić information content (AvgIpc) is 3.23. The summed E-state index contributed by atoms with van der Waals surface area (Å²) in [4.78, 5) is 14.2. The van der Waals surface area contributed by atoms with Gasteiger partial charge in [-0.2, -0.15) is 13.2 Å². The number of nitrogens with one attached hydrogen (secondary N) is 1. The second-order valence-electron chi connectivity index (χ2n) is 6.06. The SMILES string of the molecule is CNC[C@H]1CCN(C(=O)c2cn(-c3cccc(C(F)(F)F)c3)nn2)C1. The molecule has 134 valence electrons. The highest BCUT2D eigenvalue weighted by molar-refractivity contribution is 5.92. The molecule has 1 atom stereocenters. The van der Waals surface area contributed by atoms with Crippen LogP contribution in [0.25, 0.3) is 5.69 Å². The number of nitrogens with zero attached hydrogens (tertiary/aromatic N) is 4. The van der Waals surface area contributed by atoms with Crippen LogP contribution in [0.4, 0.5) is 13.2 Å². The highest BCUT2D eigenvalue weighted by atomic mass is 19.4. The van der Waals surface area contributed by atoms with Crippen LogP contribution in [0.15, 0.2) is 30.5 Å². The monoisotopic (exact) mass is 353 g/mol. The van der Waals surface area contributed by atoms with E-state index in [0.717, 1.165) is 25.1 Å². The molecule has 0 bridgehead atoms. The molecule has 9 heteroatoms. The van der Waals surface area contributed by atoms with Gasteiger partial charge in [0.1, 0.15) is 0 Å². The van der Waals surface area contributed by atoms with E-state index >= 15 is 0 Å². The van der Waals surface area contributed by atoms with Crippen LogP contribution in [0.2, 0.25) is 0 Å². The van der Waals surface area contributed by atoms with Crippen molar-refractivity contribution >= 4 is 5.91 Å². The molecule has 1 aliphatic rings. The highest BCUT2D eigenvalue weighted by Crippen LogP contribution is 2.30. The first-order valence-electron chi connectivity index (χ1n) is 7.92. The molecule has 3 rings (SSSR count). The predicted octanol–water partition coefficient (Wildman–Crippen LogP) is 1.97. The van der Waals surface area contributed by atoms with Gasteiger partial charge in [0.25, 0.3) is 5.91 Å². The minimum atomic E-state index is -4.44. The molecule has 1 aromatic carbocycles. The van der Waals surface area contributed by atoms with E-state index in [1.165, 1.54) is 23.0 Å². The van der Waals surface area contributed by atoms with Gasteiger partial charge in [-0.15, -0.1) is 5.10 Å². The van der Waals surface area contributed by atoms with E-state index < -0.39 is 11.7 Å². The average molecular weight is 353 g/mol. The fraction of sp³-hybridized carbons (Fsp3) is 0.438. The fourth-order valence-corrected chi connectivity index (χ4v) is 2.95. The van der Waals surface area contributed by atoms with E-state index in [2.05, 4.69) is 15.6 Å². The van der Waals surface area contributed by atoms with Gasteiger partial charge in [-0.25, -0.2) is 4.68 Å². The Morgan fingerprint density at radius 3 is 2.92 bits per heavy atom. The quantitative estimate of drug-likeness (QED) is 0.913. The molecule has 0 unspecified atom stereocenters. The van der Waals surface area contributed by atoms with Crippen LogP contribution < -0.4 is 5.32 Å². The summed E-state index contributed by atoms with van der Waals surface area (Å²) in [6.45, 7) is 2.11. The number of alkyl halides is 3. The van der Waals surface area contributed by atoms with Gasteiger partial charge < -0.3 is 10.2 Å². The summed E-state index contributed by atoms with van der Waals surface area (Å²) in [6, 6.07) is 4.74. The largest absolute Gasteiger partial charge is 0.416 e. The molecule has 0 saturated carbocycles. The van der Waals surface area contributed by atoms with E-state index in [0.29, 0.717) is 19.0 Å². The van der Waals surface area contributed by atoms with Gasteiger partial charge in [-0.05, 0) is 44.1 Å². The molecule has 1 saturated heterocycles. The molecule has 1 aliphatic heterocycles. The van der Waals surface area contributed by atoms with E-state index in [4.69, 9.17) is 0 Å².